The van der Waals surface area contributed by atoms with Crippen LogP contribution in [0.4, 0.5) is 0 Å². The third kappa shape index (κ3) is 5.03. The SMILES string of the molecule is C#CC(OP(C)(=O)O)C(C)C. The lowest BCUT2D eigenvalue weighted by Crippen LogP contribution is -2.15. The summed E-state index contributed by atoms with van der Waals surface area (Å²) in [5, 5.41) is 0. The van der Waals surface area contributed by atoms with Crippen LogP contribution in [0, 0.1) is 18.3 Å². The first-order valence-corrected chi connectivity index (χ1v) is 5.34. The maximum absolute atomic E-state index is 10.7. The molecule has 0 aliphatic rings. The molecule has 2 atom stereocenters. The van der Waals surface area contributed by atoms with Gasteiger partial charge >= 0.3 is 7.60 Å². The van der Waals surface area contributed by atoms with Crippen LogP contribution >= 0.6 is 7.60 Å². The van der Waals surface area contributed by atoms with E-state index in [9.17, 15) is 4.57 Å². The van der Waals surface area contributed by atoms with Crippen LogP contribution in [0.1, 0.15) is 13.8 Å². The van der Waals surface area contributed by atoms with Gasteiger partial charge in [-0.2, -0.15) is 0 Å². The summed E-state index contributed by atoms with van der Waals surface area (Å²) in [6.45, 7) is 4.79. The summed E-state index contributed by atoms with van der Waals surface area (Å²) >= 11 is 0. The summed E-state index contributed by atoms with van der Waals surface area (Å²) < 4.78 is 15.4. The molecule has 0 spiro atoms. The predicted octanol–water partition coefficient (Wildman–Crippen LogP) is 1.48. The molecule has 3 nitrogen and oxygen atoms in total. The Labute approximate surface area is 67.3 Å². The smallest absolute Gasteiger partial charge is 0.324 e. The highest BCUT2D eigenvalue weighted by Gasteiger charge is 2.19. The molecule has 0 amide bonds. The van der Waals surface area contributed by atoms with E-state index in [1.165, 1.54) is 0 Å². The highest BCUT2D eigenvalue weighted by Crippen LogP contribution is 2.39. The molecule has 0 saturated carbocycles. The second kappa shape index (κ2) is 3.92. The first kappa shape index (κ1) is 10.7. The van der Waals surface area contributed by atoms with Crippen molar-refractivity contribution in [1.29, 1.82) is 0 Å². The Balaban J connectivity index is 4.14. The third-order valence-electron chi connectivity index (χ3n) is 1.08. The molecule has 0 saturated heterocycles. The summed E-state index contributed by atoms with van der Waals surface area (Å²) in [7, 11) is -3.43. The topological polar surface area (TPSA) is 46.5 Å². The summed E-state index contributed by atoms with van der Waals surface area (Å²) in [5.74, 6) is 2.36. The second-order valence-corrected chi connectivity index (χ2v) is 4.56. The average molecular weight is 176 g/mol. The van der Waals surface area contributed by atoms with Gasteiger partial charge in [0.2, 0.25) is 0 Å². The summed E-state index contributed by atoms with van der Waals surface area (Å²) in [6.07, 6.45) is 4.50. The summed E-state index contributed by atoms with van der Waals surface area (Å²) in [6, 6.07) is 0. The quantitative estimate of drug-likeness (QED) is 0.523. The van der Waals surface area contributed by atoms with E-state index >= 15 is 0 Å². The second-order valence-electron chi connectivity index (χ2n) is 2.74. The molecule has 2 unspecified atom stereocenters. The zero-order chi connectivity index (χ0) is 9.07. The van der Waals surface area contributed by atoms with Gasteiger partial charge in [-0.05, 0) is 5.92 Å². The number of hydrogen-bond donors (Lipinski definition) is 1. The minimum atomic E-state index is -3.43. The fourth-order valence-electron chi connectivity index (χ4n) is 0.555. The van der Waals surface area contributed by atoms with Crippen LogP contribution in [-0.4, -0.2) is 17.7 Å². The van der Waals surface area contributed by atoms with Gasteiger partial charge in [0.1, 0.15) is 6.10 Å². The molecule has 0 heterocycles. The number of rotatable bonds is 3. The van der Waals surface area contributed by atoms with Crippen molar-refractivity contribution >= 4 is 7.60 Å². The van der Waals surface area contributed by atoms with Crippen molar-refractivity contribution in [2.75, 3.05) is 6.66 Å². The van der Waals surface area contributed by atoms with Gasteiger partial charge < -0.3 is 4.89 Å². The lowest BCUT2D eigenvalue weighted by molar-refractivity contribution is 0.181. The highest BCUT2D eigenvalue weighted by atomic mass is 31.2. The van der Waals surface area contributed by atoms with Gasteiger partial charge in [0, 0.05) is 6.66 Å². The first-order chi connectivity index (χ1) is 4.87. The summed E-state index contributed by atoms with van der Waals surface area (Å²) in [4.78, 5) is 8.81. The maximum Gasteiger partial charge on any atom is 0.326 e. The zero-order valence-electron chi connectivity index (χ0n) is 6.94. The molecule has 0 fully saturated rings. The van der Waals surface area contributed by atoms with Crippen molar-refractivity contribution in [1.82, 2.24) is 0 Å². The Bertz CT molecular complexity index is 198. The molecular formula is C7H13O3P. The van der Waals surface area contributed by atoms with E-state index in [0.29, 0.717) is 0 Å². The standard InChI is InChI=1S/C7H13O3P/c1-5-7(6(2)3)10-11(4,8)9/h1,6-7H,2-4H3,(H,8,9). The molecule has 0 bridgehead atoms. The predicted molar refractivity (Wildman–Crippen MR) is 44.3 cm³/mol. The normalized spacial score (nSPS) is 18.9. The number of terminal acetylenes is 1. The van der Waals surface area contributed by atoms with Crippen LogP contribution in [0.25, 0.3) is 0 Å². The molecule has 0 aromatic carbocycles. The molecule has 0 rings (SSSR count). The van der Waals surface area contributed by atoms with E-state index in [2.05, 4.69) is 5.92 Å². The van der Waals surface area contributed by atoms with Crippen molar-refractivity contribution < 1.29 is 14.0 Å². The lowest BCUT2D eigenvalue weighted by Gasteiger charge is -2.16. The summed E-state index contributed by atoms with van der Waals surface area (Å²) in [5.41, 5.74) is 0. The van der Waals surface area contributed by atoms with Gasteiger partial charge in [-0.25, -0.2) is 0 Å². The van der Waals surface area contributed by atoms with Gasteiger partial charge in [0.05, 0.1) is 0 Å². The van der Waals surface area contributed by atoms with E-state index in [0.717, 1.165) is 6.66 Å². The molecule has 1 N–H and O–H groups in total. The molecule has 0 radical (unpaired) electrons. The van der Waals surface area contributed by atoms with Crippen molar-refractivity contribution in [3.05, 3.63) is 0 Å². The monoisotopic (exact) mass is 176 g/mol. The molecule has 64 valence electrons. The largest absolute Gasteiger partial charge is 0.326 e. The lowest BCUT2D eigenvalue weighted by atomic mass is 10.1. The Morgan fingerprint density at radius 2 is 2.09 bits per heavy atom. The van der Waals surface area contributed by atoms with Crippen molar-refractivity contribution in [3.63, 3.8) is 0 Å². The van der Waals surface area contributed by atoms with Crippen LogP contribution in [0.3, 0.4) is 0 Å². The van der Waals surface area contributed by atoms with Gasteiger partial charge in [-0.1, -0.05) is 19.8 Å². The first-order valence-electron chi connectivity index (χ1n) is 3.31. The fraction of sp³-hybridized carbons (Fsp3) is 0.714. The van der Waals surface area contributed by atoms with Crippen LogP contribution in [-0.2, 0) is 9.09 Å². The Morgan fingerprint density at radius 1 is 1.64 bits per heavy atom. The van der Waals surface area contributed by atoms with Crippen molar-refractivity contribution in [3.8, 4) is 12.3 Å². The minimum absolute atomic E-state index is 0.0559. The van der Waals surface area contributed by atoms with E-state index in [-0.39, 0.29) is 5.92 Å². The van der Waals surface area contributed by atoms with Gasteiger partial charge in [-0.15, -0.1) is 6.42 Å². The fourth-order valence-corrected chi connectivity index (χ4v) is 1.28. The van der Waals surface area contributed by atoms with Crippen molar-refractivity contribution in [2.45, 2.75) is 20.0 Å². The van der Waals surface area contributed by atoms with E-state index in [1.807, 2.05) is 13.8 Å². The molecule has 11 heavy (non-hydrogen) atoms. The third-order valence-corrected chi connectivity index (χ3v) is 1.70. The van der Waals surface area contributed by atoms with E-state index in [4.69, 9.17) is 15.8 Å². The van der Waals surface area contributed by atoms with E-state index in [1.54, 1.807) is 0 Å². The zero-order valence-corrected chi connectivity index (χ0v) is 7.84. The Kier molecular flexibility index (Phi) is 3.82. The van der Waals surface area contributed by atoms with Gasteiger partial charge in [-0.3, -0.25) is 9.09 Å². The van der Waals surface area contributed by atoms with Crippen LogP contribution in [0.15, 0.2) is 0 Å². The van der Waals surface area contributed by atoms with E-state index < -0.39 is 13.7 Å². The molecule has 0 aliphatic heterocycles. The maximum atomic E-state index is 10.7. The van der Waals surface area contributed by atoms with Crippen molar-refractivity contribution in [2.24, 2.45) is 5.92 Å². The Morgan fingerprint density at radius 3 is 2.18 bits per heavy atom. The highest BCUT2D eigenvalue weighted by molar-refractivity contribution is 7.51. The average Bonchev–Trinajstić information content (AvgIpc) is 1.80. The van der Waals surface area contributed by atoms with Crippen LogP contribution in [0.5, 0.6) is 0 Å². The molecule has 0 aromatic rings. The van der Waals surface area contributed by atoms with Crippen LogP contribution < -0.4 is 0 Å². The van der Waals surface area contributed by atoms with Gasteiger partial charge in [0.25, 0.3) is 0 Å². The van der Waals surface area contributed by atoms with Gasteiger partial charge in [0.15, 0.2) is 0 Å². The molecular weight excluding hydrogens is 163 g/mol. The van der Waals surface area contributed by atoms with Crippen LogP contribution in [0.2, 0.25) is 0 Å². The molecule has 4 heteroatoms. The minimum Gasteiger partial charge on any atom is -0.324 e. The number of hydrogen-bond acceptors (Lipinski definition) is 2. The Hall–Kier alpha value is -0.290. The molecule has 0 aliphatic carbocycles. The molecule has 0 aromatic heterocycles.